The zero-order valence-electron chi connectivity index (χ0n) is 7.64. The van der Waals surface area contributed by atoms with E-state index in [1.54, 1.807) is 24.3 Å². The highest BCUT2D eigenvalue weighted by molar-refractivity contribution is 6.52. The second kappa shape index (κ2) is 3.85. The van der Waals surface area contributed by atoms with Crippen LogP contribution in [-0.4, -0.2) is 10.2 Å². The number of benzene rings is 1. The van der Waals surface area contributed by atoms with Crippen molar-refractivity contribution in [2.24, 2.45) is 5.92 Å². The van der Waals surface area contributed by atoms with E-state index in [2.05, 4.69) is 5.32 Å². The maximum atomic E-state index is 11.6. The quantitative estimate of drug-likeness (QED) is 0.814. The van der Waals surface area contributed by atoms with E-state index in [1.165, 1.54) is 0 Å². The summed E-state index contributed by atoms with van der Waals surface area (Å²) in [7, 11) is 0. The number of anilines is 1. The standard InChI is InChI=1S/C10H8Cl3NO/c11-6-1-3-7(4-2-6)14-9(15)8-5-10(8,12)13/h1-4,8H,5H2,(H,14,15)/t8-/m0/s1. The van der Waals surface area contributed by atoms with Crippen LogP contribution in [0, 0.1) is 5.92 Å². The van der Waals surface area contributed by atoms with Crippen molar-refractivity contribution in [3.63, 3.8) is 0 Å². The Balaban J connectivity index is 1.98. The summed E-state index contributed by atoms with van der Waals surface area (Å²) in [5.74, 6) is -0.459. The number of carbonyl (C=O) groups is 1. The van der Waals surface area contributed by atoms with Gasteiger partial charge < -0.3 is 5.32 Å². The van der Waals surface area contributed by atoms with Gasteiger partial charge in [0.2, 0.25) is 5.91 Å². The van der Waals surface area contributed by atoms with Crippen LogP contribution in [0.1, 0.15) is 6.42 Å². The normalized spacial score (nSPS) is 22.2. The van der Waals surface area contributed by atoms with Gasteiger partial charge in [0.25, 0.3) is 0 Å². The molecule has 1 N–H and O–H groups in total. The summed E-state index contributed by atoms with van der Waals surface area (Å²) in [6.45, 7) is 0. The number of rotatable bonds is 2. The number of alkyl halides is 2. The molecular formula is C10H8Cl3NO. The van der Waals surface area contributed by atoms with Crippen molar-refractivity contribution >= 4 is 46.4 Å². The molecule has 0 aromatic heterocycles. The molecule has 80 valence electrons. The van der Waals surface area contributed by atoms with E-state index in [9.17, 15) is 4.79 Å². The van der Waals surface area contributed by atoms with Crippen LogP contribution in [0.4, 0.5) is 5.69 Å². The second-order valence-corrected chi connectivity index (χ2v) is 5.49. The fourth-order valence-electron chi connectivity index (χ4n) is 1.26. The fourth-order valence-corrected chi connectivity index (χ4v) is 1.89. The van der Waals surface area contributed by atoms with Crippen LogP contribution in [0.3, 0.4) is 0 Å². The zero-order valence-corrected chi connectivity index (χ0v) is 9.90. The summed E-state index contributed by atoms with van der Waals surface area (Å²) in [6.07, 6.45) is 0.509. The van der Waals surface area contributed by atoms with Crippen LogP contribution in [0.15, 0.2) is 24.3 Å². The molecule has 0 aliphatic heterocycles. The third-order valence-corrected chi connectivity index (χ3v) is 3.34. The van der Waals surface area contributed by atoms with Crippen molar-refractivity contribution in [2.45, 2.75) is 10.8 Å². The smallest absolute Gasteiger partial charge is 0.230 e. The SMILES string of the molecule is O=C(Nc1ccc(Cl)cc1)[C@@H]1CC1(Cl)Cl. The number of halogens is 3. The third kappa shape index (κ3) is 2.57. The summed E-state index contributed by atoms with van der Waals surface area (Å²) in [4.78, 5) is 11.6. The first-order chi connectivity index (χ1) is 6.99. The first-order valence-electron chi connectivity index (χ1n) is 4.43. The molecule has 0 heterocycles. The first kappa shape index (κ1) is 11.1. The highest BCUT2D eigenvalue weighted by Gasteiger charge is 2.56. The molecule has 1 aliphatic rings. The largest absolute Gasteiger partial charge is 0.326 e. The van der Waals surface area contributed by atoms with Crippen LogP contribution in [0.5, 0.6) is 0 Å². The molecule has 0 bridgehead atoms. The Morgan fingerprint density at radius 1 is 1.33 bits per heavy atom. The van der Waals surface area contributed by atoms with Gasteiger partial charge in [0, 0.05) is 10.7 Å². The molecule has 0 radical (unpaired) electrons. The molecule has 2 nitrogen and oxygen atoms in total. The Kier molecular flexibility index (Phi) is 2.84. The van der Waals surface area contributed by atoms with E-state index in [1.807, 2.05) is 0 Å². The van der Waals surface area contributed by atoms with Crippen LogP contribution >= 0.6 is 34.8 Å². The lowest BCUT2D eigenvalue weighted by Gasteiger charge is -2.04. The molecule has 1 atom stereocenters. The van der Waals surface area contributed by atoms with Gasteiger partial charge in [-0.3, -0.25) is 4.79 Å². The van der Waals surface area contributed by atoms with Crippen molar-refractivity contribution in [1.29, 1.82) is 0 Å². The van der Waals surface area contributed by atoms with Gasteiger partial charge in [-0.1, -0.05) is 11.6 Å². The van der Waals surface area contributed by atoms with Gasteiger partial charge in [-0.25, -0.2) is 0 Å². The molecule has 0 saturated heterocycles. The van der Waals surface area contributed by atoms with Gasteiger partial charge in [-0.2, -0.15) is 0 Å². The zero-order chi connectivity index (χ0) is 11.1. The third-order valence-electron chi connectivity index (χ3n) is 2.25. The Bertz CT molecular complexity index is 388. The minimum atomic E-state index is -0.878. The lowest BCUT2D eigenvalue weighted by molar-refractivity contribution is -0.117. The molecule has 15 heavy (non-hydrogen) atoms. The highest BCUT2D eigenvalue weighted by atomic mass is 35.5. The predicted octanol–water partition coefficient (Wildman–Crippen LogP) is 3.47. The van der Waals surface area contributed by atoms with Crippen LogP contribution < -0.4 is 5.32 Å². The van der Waals surface area contributed by atoms with Crippen molar-refractivity contribution in [1.82, 2.24) is 0 Å². The molecule has 1 aliphatic carbocycles. The lowest BCUT2D eigenvalue weighted by Crippen LogP contribution is -2.16. The van der Waals surface area contributed by atoms with Gasteiger partial charge in [0.15, 0.2) is 0 Å². The van der Waals surface area contributed by atoms with Crippen molar-refractivity contribution in [3.05, 3.63) is 29.3 Å². The number of nitrogens with one attached hydrogen (secondary N) is 1. The Morgan fingerprint density at radius 3 is 2.33 bits per heavy atom. The number of carbonyl (C=O) groups excluding carboxylic acids is 1. The Labute approximate surface area is 103 Å². The van der Waals surface area contributed by atoms with Gasteiger partial charge in [0.1, 0.15) is 4.33 Å². The van der Waals surface area contributed by atoms with Crippen molar-refractivity contribution < 1.29 is 4.79 Å². The summed E-state index contributed by atoms with van der Waals surface area (Å²) < 4.78 is -0.878. The number of hydrogen-bond acceptors (Lipinski definition) is 1. The predicted molar refractivity (Wildman–Crippen MR) is 62.6 cm³/mol. The summed E-state index contributed by atoms with van der Waals surface area (Å²) in [5, 5.41) is 3.35. The first-order valence-corrected chi connectivity index (χ1v) is 5.57. The molecule has 5 heteroatoms. The average molecular weight is 265 g/mol. The van der Waals surface area contributed by atoms with Crippen LogP contribution in [-0.2, 0) is 4.79 Å². The monoisotopic (exact) mass is 263 g/mol. The minimum absolute atomic E-state index is 0.151. The molecule has 1 amide bonds. The molecule has 1 aromatic rings. The Hall–Kier alpha value is -0.440. The van der Waals surface area contributed by atoms with Crippen molar-refractivity contribution in [2.75, 3.05) is 5.32 Å². The van der Waals surface area contributed by atoms with Gasteiger partial charge in [-0.15, -0.1) is 23.2 Å². The lowest BCUT2D eigenvalue weighted by atomic mass is 10.3. The van der Waals surface area contributed by atoms with E-state index >= 15 is 0 Å². The molecule has 1 aromatic carbocycles. The van der Waals surface area contributed by atoms with Gasteiger partial charge in [-0.05, 0) is 30.7 Å². The maximum absolute atomic E-state index is 11.6. The van der Waals surface area contributed by atoms with Crippen molar-refractivity contribution in [3.8, 4) is 0 Å². The highest BCUT2D eigenvalue weighted by Crippen LogP contribution is 2.53. The molecular weight excluding hydrogens is 256 g/mol. The maximum Gasteiger partial charge on any atom is 0.230 e. The molecule has 0 spiro atoms. The average Bonchev–Trinajstić information content (AvgIpc) is 2.79. The van der Waals surface area contributed by atoms with E-state index in [0.29, 0.717) is 17.1 Å². The van der Waals surface area contributed by atoms with Gasteiger partial charge in [0.05, 0.1) is 5.92 Å². The molecule has 0 unspecified atom stereocenters. The molecule has 1 fully saturated rings. The van der Waals surface area contributed by atoms with E-state index < -0.39 is 4.33 Å². The van der Waals surface area contributed by atoms with Crippen LogP contribution in [0.25, 0.3) is 0 Å². The number of hydrogen-bond donors (Lipinski definition) is 1. The van der Waals surface area contributed by atoms with E-state index in [4.69, 9.17) is 34.8 Å². The molecule has 2 rings (SSSR count). The Morgan fingerprint density at radius 2 is 1.87 bits per heavy atom. The minimum Gasteiger partial charge on any atom is -0.326 e. The summed E-state index contributed by atoms with van der Waals surface area (Å²) >= 11 is 17.3. The van der Waals surface area contributed by atoms with Gasteiger partial charge >= 0.3 is 0 Å². The van der Waals surface area contributed by atoms with E-state index in [0.717, 1.165) is 0 Å². The molecule has 1 saturated carbocycles. The number of amides is 1. The van der Waals surface area contributed by atoms with Crippen LogP contribution in [0.2, 0.25) is 5.02 Å². The summed E-state index contributed by atoms with van der Waals surface area (Å²) in [6, 6.07) is 6.87. The topological polar surface area (TPSA) is 29.1 Å². The fraction of sp³-hybridized carbons (Fsp3) is 0.300. The summed E-state index contributed by atoms with van der Waals surface area (Å²) in [5.41, 5.74) is 0.695. The van der Waals surface area contributed by atoms with E-state index in [-0.39, 0.29) is 11.8 Å². The second-order valence-electron chi connectivity index (χ2n) is 3.51.